The molecule has 0 spiro atoms. The number of hydrogen-bond donors (Lipinski definition) is 2. The van der Waals surface area contributed by atoms with Crippen molar-refractivity contribution in [2.45, 2.75) is 32.1 Å². The molecule has 7 nitrogen and oxygen atoms in total. The minimum Gasteiger partial charge on any atom is -0.507 e. The SMILES string of the molecule is CC1C(=O)C2=NNCN2c2cc(-c3ccc(C(=O)N4CCCCC4)cc3)c(O)cc21. The van der Waals surface area contributed by atoms with Gasteiger partial charge in [0.15, 0.2) is 5.84 Å². The fraction of sp³-hybridized carbons (Fsp3) is 0.348. The molecular formula is C23H24N4O3. The van der Waals surface area contributed by atoms with Crippen LogP contribution in [-0.2, 0) is 4.79 Å². The molecule has 3 aliphatic rings. The van der Waals surface area contributed by atoms with Gasteiger partial charge in [0.05, 0.1) is 5.92 Å². The van der Waals surface area contributed by atoms with Gasteiger partial charge in [0.25, 0.3) is 5.91 Å². The highest BCUT2D eigenvalue weighted by atomic mass is 16.3. The van der Waals surface area contributed by atoms with Gasteiger partial charge in [0.1, 0.15) is 12.4 Å². The Morgan fingerprint density at radius 2 is 1.87 bits per heavy atom. The first-order chi connectivity index (χ1) is 14.5. The maximum Gasteiger partial charge on any atom is 0.253 e. The van der Waals surface area contributed by atoms with Crippen LogP contribution in [0.4, 0.5) is 5.69 Å². The van der Waals surface area contributed by atoms with E-state index in [1.54, 1.807) is 6.07 Å². The molecule has 0 radical (unpaired) electrons. The van der Waals surface area contributed by atoms with Crippen LogP contribution in [-0.4, -0.2) is 47.3 Å². The molecule has 2 aromatic carbocycles. The fourth-order valence-corrected chi connectivity index (χ4v) is 4.52. The summed E-state index contributed by atoms with van der Waals surface area (Å²) in [5.74, 6) is 0.178. The zero-order valence-electron chi connectivity index (χ0n) is 16.9. The average molecular weight is 404 g/mol. The number of nitrogens with zero attached hydrogens (tertiary/aromatic N) is 3. The average Bonchev–Trinajstić information content (AvgIpc) is 3.28. The van der Waals surface area contributed by atoms with Crippen LogP contribution in [0.2, 0.25) is 0 Å². The van der Waals surface area contributed by atoms with E-state index < -0.39 is 0 Å². The van der Waals surface area contributed by atoms with Crippen LogP contribution in [0.25, 0.3) is 11.1 Å². The van der Waals surface area contributed by atoms with Crippen molar-refractivity contribution in [1.82, 2.24) is 10.3 Å². The molecule has 3 aliphatic heterocycles. The molecule has 2 aromatic rings. The number of Topliss-reactive ketones (excluding diaryl/α,β-unsaturated/α-hetero) is 1. The molecular weight excluding hydrogens is 380 g/mol. The van der Waals surface area contributed by atoms with Crippen LogP contribution in [0.3, 0.4) is 0 Å². The lowest BCUT2D eigenvalue weighted by Gasteiger charge is -2.30. The molecule has 1 atom stereocenters. The van der Waals surface area contributed by atoms with Crippen LogP contribution in [0.15, 0.2) is 41.5 Å². The van der Waals surface area contributed by atoms with E-state index in [0.29, 0.717) is 23.6 Å². The number of hydrogen-bond acceptors (Lipinski definition) is 6. The molecule has 1 saturated heterocycles. The molecule has 2 N–H and O–H groups in total. The zero-order chi connectivity index (χ0) is 20.8. The number of carbonyl (C=O) groups is 2. The lowest BCUT2D eigenvalue weighted by atomic mass is 9.87. The van der Waals surface area contributed by atoms with Crippen LogP contribution < -0.4 is 10.3 Å². The third-order valence-corrected chi connectivity index (χ3v) is 6.27. The van der Waals surface area contributed by atoms with E-state index in [9.17, 15) is 14.7 Å². The number of ketones is 1. The van der Waals surface area contributed by atoms with Gasteiger partial charge in [-0.25, -0.2) is 0 Å². The van der Waals surface area contributed by atoms with Crippen molar-refractivity contribution < 1.29 is 14.7 Å². The number of benzene rings is 2. The molecule has 5 rings (SSSR count). The van der Waals surface area contributed by atoms with Gasteiger partial charge >= 0.3 is 0 Å². The number of nitrogens with one attached hydrogen (secondary N) is 1. The van der Waals surface area contributed by atoms with Crippen molar-refractivity contribution in [2.24, 2.45) is 5.10 Å². The summed E-state index contributed by atoms with van der Waals surface area (Å²) in [6, 6.07) is 11.0. The van der Waals surface area contributed by atoms with Gasteiger partial charge in [-0.3, -0.25) is 15.0 Å². The maximum absolute atomic E-state index is 12.7. The first-order valence-corrected chi connectivity index (χ1v) is 10.4. The second-order valence-electron chi connectivity index (χ2n) is 8.12. The number of piperidine rings is 1. The Bertz CT molecular complexity index is 1050. The lowest BCUT2D eigenvalue weighted by molar-refractivity contribution is -0.114. The Hall–Kier alpha value is -3.35. The van der Waals surface area contributed by atoms with E-state index in [-0.39, 0.29) is 23.4 Å². The summed E-state index contributed by atoms with van der Waals surface area (Å²) >= 11 is 0. The summed E-state index contributed by atoms with van der Waals surface area (Å²) in [6.07, 6.45) is 3.30. The Morgan fingerprint density at radius 1 is 1.13 bits per heavy atom. The molecule has 0 aliphatic carbocycles. The third kappa shape index (κ3) is 2.93. The highest BCUT2D eigenvalue weighted by molar-refractivity contribution is 6.47. The second-order valence-corrected chi connectivity index (χ2v) is 8.12. The molecule has 1 unspecified atom stereocenters. The minimum absolute atomic E-state index is 0.0553. The van der Waals surface area contributed by atoms with E-state index in [0.717, 1.165) is 42.7 Å². The highest BCUT2D eigenvalue weighted by Crippen LogP contribution is 2.42. The van der Waals surface area contributed by atoms with Crippen LogP contribution >= 0.6 is 0 Å². The van der Waals surface area contributed by atoms with E-state index in [2.05, 4.69) is 10.5 Å². The molecule has 0 saturated carbocycles. The van der Waals surface area contributed by atoms with Gasteiger partial charge in [-0.1, -0.05) is 19.1 Å². The lowest BCUT2D eigenvalue weighted by Crippen LogP contribution is -2.41. The summed E-state index contributed by atoms with van der Waals surface area (Å²) in [4.78, 5) is 29.0. The molecule has 0 bridgehead atoms. The van der Waals surface area contributed by atoms with Gasteiger partial charge in [0.2, 0.25) is 5.78 Å². The van der Waals surface area contributed by atoms with Crippen LogP contribution in [0.5, 0.6) is 5.75 Å². The van der Waals surface area contributed by atoms with Crippen molar-refractivity contribution in [2.75, 3.05) is 24.7 Å². The molecule has 3 heterocycles. The predicted molar refractivity (Wildman–Crippen MR) is 115 cm³/mol. The van der Waals surface area contributed by atoms with Crippen molar-refractivity contribution in [3.05, 3.63) is 47.5 Å². The first-order valence-electron chi connectivity index (χ1n) is 10.4. The number of rotatable bonds is 2. The molecule has 154 valence electrons. The van der Waals surface area contributed by atoms with E-state index in [1.165, 1.54) is 6.42 Å². The normalized spacial score (nSPS) is 20.4. The number of phenolic OH excluding ortho intramolecular Hbond substituents is 1. The minimum atomic E-state index is -0.362. The summed E-state index contributed by atoms with van der Waals surface area (Å²) in [5.41, 5.74) is 6.68. The number of amides is 1. The Kier molecular flexibility index (Phi) is 4.46. The number of carbonyl (C=O) groups excluding carboxylic acids is 2. The van der Waals surface area contributed by atoms with Crippen molar-refractivity contribution >= 4 is 23.2 Å². The summed E-state index contributed by atoms with van der Waals surface area (Å²) in [5, 5.41) is 14.8. The first kappa shape index (κ1) is 18.7. The zero-order valence-corrected chi connectivity index (χ0v) is 16.9. The predicted octanol–water partition coefficient (Wildman–Crippen LogP) is 3.05. The topological polar surface area (TPSA) is 85.2 Å². The van der Waals surface area contributed by atoms with Gasteiger partial charge in [-0.05, 0) is 54.7 Å². The monoisotopic (exact) mass is 404 g/mol. The van der Waals surface area contributed by atoms with E-state index in [4.69, 9.17) is 0 Å². The number of hydrazone groups is 1. The molecule has 30 heavy (non-hydrogen) atoms. The van der Waals surface area contributed by atoms with Gasteiger partial charge in [-0.2, -0.15) is 5.10 Å². The summed E-state index contributed by atoms with van der Waals surface area (Å²) < 4.78 is 0. The second kappa shape index (κ2) is 7.16. The molecule has 7 heteroatoms. The van der Waals surface area contributed by atoms with Crippen molar-refractivity contribution in [3.63, 3.8) is 0 Å². The number of phenols is 1. The summed E-state index contributed by atoms with van der Waals surface area (Å²) in [6.45, 7) is 3.89. The number of likely N-dealkylation sites (tertiary alicyclic amines) is 1. The summed E-state index contributed by atoms with van der Waals surface area (Å²) in [7, 11) is 0. The molecule has 0 aromatic heterocycles. The van der Waals surface area contributed by atoms with Gasteiger partial charge < -0.3 is 14.9 Å². The molecule has 1 fully saturated rings. The standard InChI is InChI=1S/C23H24N4O3/c1-14-17-12-20(28)18(11-19(17)27-13-24-25-22(27)21(14)29)15-5-7-16(8-6-15)23(30)26-9-3-2-4-10-26/h5-8,11-12,14,24,28H,2-4,9-10,13H2,1H3. The fourth-order valence-electron chi connectivity index (χ4n) is 4.52. The number of amidine groups is 1. The number of aromatic hydroxyl groups is 1. The Morgan fingerprint density at radius 3 is 2.60 bits per heavy atom. The number of anilines is 1. The van der Waals surface area contributed by atoms with E-state index in [1.807, 2.05) is 47.1 Å². The Labute approximate surface area is 175 Å². The van der Waals surface area contributed by atoms with Gasteiger partial charge in [0, 0.05) is 29.9 Å². The van der Waals surface area contributed by atoms with Crippen LogP contribution in [0.1, 0.15) is 48.0 Å². The smallest absolute Gasteiger partial charge is 0.253 e. The third-order valence-electron chi connectivity index (χ3n) is 6.27. The Balaban J connectivity index is 1.48. The number of fused-ring (bicyclic) bond motifs is 3. The maximum atomic E-state index is 12.7. The van der Waals surface area contributed by atoms with E-state index >= 15 is 0 Å². The van der Waals surface area contributed by atoms with Crippen LogP contribution in [0, 0.1) is 0 Å². The van der Waals surface area contributed by atoms with Gasteiger partial charge in [-0.15, -0.1) is 0 Å². The molecule has 1 amide bonds. The highest BCUT2D eigenvalue weighted by Gasteiger charge is 2.38. The van der Waals surface area contributed by atoms with Crippen molar-refractivity contribution in [1.29, 1.82) is 0 Å². The largest absolute Gasteiger partial charge is 0.507 e. The van der Waals surface area contributed by atoms with Crippen molar-refractivity contribution in [3.8, 4) is 16.9 Å². The quantitative estimate of drug-likeness (QED) is 0.804.